The van der Waals surface area contributed by atoms with Crippen LogP contribution >= 0.6 is 11.3 Å². The number of rotatable bonds is 5. The van der Waals surface area contributed by atoms with Crippen molar-refractivity contribution in [2.45, 2.75) is 25.9 Å². The van der Waals surface area contributed by atoms with E-state index in [2.05, 4.69) is 10.3 Å². The van der Waals surface area contributed by atoms with Gasteiger partial charge in [-0.25, -0.2) is 9.37 Å². The number of aromatic nitrogens is 1. The number of hydrogen-bond donors (Lipinski definition) is 1. The van der Waals surface area contributed by atoms with Crippen LogP contribution in [0.3, 0.4) is 0 Å². The van der Waals surface area contributed by atoms with Gasteiger partial charge in [0.05, 0.1) is 12.1 Å². The van der Waals surface area contributed by atoms with Crippen LogP contribution in [0.15, 0.2) is 23.6 Å². The zero-order valence-electron chi connectivity index (χ0n) is 15.7. The van der Waals surface area contributed by atoms with Crippen molar-refractivity contribution in [3.05, 3.63) is 51.2 Å². The molecular formula is C19H23FN4O2S. The smallest absolute Gasteiger partial charge is 0.242 e. The standard InChI is InChI=1S/C19H23FN4O2S/c1-12-8-13(20)4-5-15(12)18-19(26)21-6-7-24(18)10-14-11-27-16(22-14)9-17(25)23(2)3/h4-5,8,11,18H,6-7,9-10H2,1-3H3,(H,21,26). The number of likely N-dealkylation sites (N-methyl/N-ethyl adjacent to an activating group) is 1. The van der Waals surface area contributed by atoms with Gasteiger partial charge in [-0.1, -0.05) is 6.07 Å². The Kier molecular flexibility index (Phi) is 5.86. The van der Waals surface area contributed by atoms with Crippen molar-refractivity contribution < 1.29 is 14.0 Å². The van der Waals surface area contributed by atoms with Gasteiger partial charge in [-0.3, -0.25) is 14.5 Å². The molecule has 0 spiro atoms. The van der Waals surface area contributed by atoms with Crippen LogP contribution in [0.5, 0.6) is 0 Å². The van der Waals surface area contributed by atoms with Gasteiger partial charge in [-0.2, -0.15) is 0 Å². The molecule has 0 aliphatic carbocycles. The number of piperazine rings is 1. The Morgan fingerprint density at radius 2 is 2.22 bits per heavy atom. The predicted molar refractivity (Wildman–Crippen MR) is 102 cm³/mol. The Balaban J connectivity index is 1.79. The molecule has 1 fully saturated rings. The molecule has 144 valence electrons. The average molecular weight is 390 g/mol. The molecule has 0 saturated carbocycles. The largest absolute Gasteiger partial charge is 0.353 e. The summed E-state index contributed by atoms with van der Waals surface area (Å²) in [5.41, 5.74) is 2.38. The highest BCUT2D eigenvalue weighted by Gasteiger charge is 2.32. The van der Waals surface area contributed by atoms with Crippen molar-refractivity contribution in [3.8, 4) is 0 Å². The summed E-state index contributed by atoms with van der Waals surface area (Å²) in [6.07, 6.45) is 0.276. The van der Waals surface area contributed by atoms with Crippen molar-refractivity contribution in [3.63, 3.8) is 0 Å². The molecule has 1 atom stereocenters. The summed E-state index contributed by atoms with van der Waals surface area (Å²) in [6.45, 7) is 3.55. The molecule has 0 radical (unpaired) electrons. The first-order valence-corrected chi connectivity index (χ1v) is 9.64. The summed E-state index contributed by atoms with van der Waals surface area (Å²) in [4.78, 5) is 32.5. The quantitative estimate of drug-likeness (QED) is 0.847. The highest BCUT2D eigenvalue weighted by molar-refractivity contribution is 7.09. The van der Waals surface area contributed by atoms with Crippen molar-refractivity contribution in [1.82, 2.24) is 20.1 Å². The van der Waals surface area contributed by atoms with Crippen LogP contribution in [0, 0.1) is 12.7 Å². The lowest BCUT2D eigenvalue weighted by atomic mass is 9.97. The number of hydrogen-bond acceptors (Lipinski definition) is 5. The summed E-state index contributed by atoms with van der Waals surface area (Å²) in [7, 11) is 3.44. The first kappa shape index (κ1) is 19.4. The van der Waals surface area contributed by atoms with E-state index in [0.29, 0.717) is 19.6 Å². The molecule has 1 N–H and O–H groups in total. The normalized spacial score (nSPS) is 17.6. The molecule has 0 bridgehead atoms. The second-order valence-electron chi connectivity index (χ2n) is 6.86. The Morgan fingerprint density at radius 3 is 2.93 bits per heavy atom. The number of aryl methyl sites for hydroxylation is 1. The van der Waals surface area contributed by atoms with Crippen molar-refractivity contribution >= 4 is 23.2 Å². The van der Waals surface area contributed by atoms with Crippen molar-refractivity contribution in [2.75, 3.05) is 27.2 Å². The molecule has 1 aliphatic heterocycles. The summed E-state index contributed by atoms with van der Waals surface area (Å²) in [5.74, 6) is -0.393. The Bertz CT molecular complexity index is 852. The van der Waals surface area contributed by atoms with E-state index in [1.165, 1.54) is 23.5 Å². The molecular weight excluding hydrogens is 367 g/mol. The highest BCUT2D eigenvalue weighted by Crippen LogP contribution is 2.28. The number of carbonyl (C=O) groups excluding carboxylic acids is 2. The van der Waals surface area contributed by atoms with Gasteiger partial charge >= 0.3 is 0 Å². The predicted octanol–water partition coefficient (Wildman–Crippen LogP) is 1.89. The molecule has 2 heterocycles. The van der Waals surface area contributed by atoms with E-state index in [-0.39, 0.29) is 24.1 Å². The second-order valence-corrected chi connectivity index (χ2v) is 7.81. The lowest BCUT2D eigenvalue weighted by molar-refractivity contribution is -0.129. The number of amides is 2. The zero-order valence-corrected chi connectivity index (χ0v) is 16.5. The molecule has 27 heavy (non-hydrogen) atoms. The Hall–Kier alpha value is -2.32. The third-order valence-electron chi connectivity index (χ3n) is 4.60. The van der Waals surface area contributed by atoms with E-state index in [4.69, 9.17) is 0 Å². The number of carbonyl (C=O) groups is 2. The fourth-order valence-corrected chi connectivity index (χ4v) is 3.94. The van der Waals surface area contributed by atoms with Crippen LogP contribution in [0.4, 0.5) is 4.39 Å². The van der Waals surface area contributed by atoms with Crippen LogP contribution in [0.1, 0.15) is 27.9 Å². The third kappa shape index (κ3) is 4.51. The minimum Gasteiger partial charge on any atom is -0.353 e. The van der Waals surface area contributed by atoms with E-state index in [1.807, 2.05) is 17.2 Å². The van der Waals surface area contributed by atoms with Gasteiger partial charge in [-0.05, 0) is 30.2 Å². The van der Waals surface area contributed by atoms with E-state index >= 15 is 0 Å². The SMILES string of the molecule is Cc1cc(F)ccc1C1C(=O)NCCN1Cc1csc(CC(=O)N(C)C)n1. The zero-order chi connectivity index (χ0) is 19.6. The second kappa shape index (κ2) is 8.14. The third-order valence-corrected chi connectivity index (χ3v) is 5.50. The van der Waals surface area contributed by atoms with Crippen LogP contribution in [-0.4, -0.2) is 53.8 Å². The molecule has 2 amide bonds. The lowest BCUT2D eigenvalue weighted by Gasteiger charge is -2.35. The van der Waals surface area contributed by atoms with Crippen LogP contribution in [0.2, 0.25) is 0 Å². The van der Waals surface area contributed by atoms with Crippen molar-refractivity contribution in [1.29, 1.82) is 0 Å². The maximum absolute atomic E-state index is 13.5. The summed E-state index contributed by atoms with van der Waals surface area (Å²) in [6, 6.07) is 4.03. The topological polar surface area (TPSA) is 65.5 Å². The Morgan fingerprint density at radius 1 is 1.44 bits per heavy atom. The lowest BCUT2D eigenvalue weighted by Crippen LogP contribution is -2.49. The molecule has 1 aromatic carbocycles. The van der Waals surface area contributed by atoms with Gasteiger partial charge < -0.3 is 10.2 Å². The van der Waals surface area contributed by atoms with Gasteiger partial charge in [0.1, 0.15) is 16.9 Å². The van der Waals surface area contributed by atoms with E-state index < -0.39 is 6.04 Å². The molecule has 6 nitrogen and oxygen atoms in total. The maximum atomic E-state index is 13.5. The average Bonchev–Trinajstić information content (AvgIpc) is 3.03. The first-order chi connectivity index (χ1) is 12.8. The monoisotopic (exact) mass is 390 g/mol. The number of benzene rings is 1. The van der Waals surface area contributed by atoms with Gasteiger partial charge in [0, 0.05) is 39.1 Å². The number of halogens is 1. The van der Waals surface area contributed by atoms with Crippen molar-refractivity contribution in [2.24, 2.45) is 0 Å². The van der Waals surface area contributed by atoms with E-state index in [1.54, 1.807) is 25.1 Å². The van der Waals surface area contributed by atoms with Gasteiger partial charge in [0.2, 0.25) is 11.8 Å². The molecule has 1 aliphatic rings. The molecule has 1 aromatic heterocycles. The minimum absolute atomic E-state index is 0.00747. The van der Waals surface area contributed by atoms with Gasteiger partial charge in [0.15, 0.2) is 0 Å². The van der Waals surface area contributed by atoms with E-state index in [9.17, 15) is 14.0 Å². The van der Waals surface area contributed by atoms with Crippen LogP contribution in [-0.2, 0) is 22.6 Å². The van der Waals surface area contributed by atoms with Crippen LogP contribution < -0.4 is 5.32 Å². The summed E-state index contributed by atoms with van der Waals surface area (Å²) in [5, 5.41) is 5.58. The molecule has 1 saturated heterocycles. The minimum atomic E-state index is -0.479. The number of nitrogens with zero attached hydrogens (tertiary/aromatic N) is 3. The summed E-state index contributed by atoms with van der Waals surface area (Å²) >= 11 is 1.45. The van der Waals surface area contributed by atoms with E-state index in [0.717, 1.165) is 21.8 Å². The van der Waals surface area contributed by atoms with Crippen LogP contribution in [0.25, 0.3) is 0 Å². The highest BCUT2D eigenvalue weighted by atomic mass is 32.1. The fraction of sp³-hybridized carbons (Fsp3) is 0.421. The Labute approximate surface area is 162 Å². The number of thiazole rings is 1. The first-order valence-electron chi connectivity index (χ1n) is 8.76. The van der Waals surface area contributed by atoms with Gasteiger partial charge in [-0.15, -0.1) is 11.3 Å². The maximum Gasteiger partial charge on any atom is 0.242 e. The molecule has 2 aromatic rings. The number of nitrogens with one attached hydrogen (secondary N) is 1. The molecule has 8 heteroatoms. The summed E-state index contributed by atoms with van der Waals surface area (Å²) < 4.78 is 13.5. The molecule has 3 rings (SSSR count). The fourth-order valence-electron chi connectivity index (χ4n) is 3.17. The molecule has 1 unspecified atom stereocenters. The van der Waals surface area contributed by atoms with Gasteiger partial charge in [0.25, 0.3) is 0 Å².